The minimum Gasteiger partial charge on any atom is -0.366 e. The van der Waals surface area contributed by atoms with E-state index in [0.717, 1.165) is 0 Å². The van der Waals surface area contributed by atoms with E-state index in [1.807, 2.05) is 18.2 Å². The van der Waals surface area contributed by atoms with Crippen molar-refractivity contribution in [2.24, 2.45) is 5.73 Å². The maximum atomic E-state index is 8.57. The minimum absolute atomic E-state index is 0.352. The van der Waals surface area contributed by atoms with E-state index < -0.39 is 0 Å². The van der Waals surface area contributed by atoms with Gasteiger partial charge in [0.05, 0.1) is 0 Å². The van der Waals surface area contributed by atoms with Gasteiger partial charge in [-0.15, -0.1) is 0 Å². The van der Waals surface area contributed by atoms with Crippen LogP contribution in [0.4, 0.5) is 5.82 Å². The smallest absolute Gasteiger partial charge is 0.145 e. The molecule has 0 aliphatic rings. The molecule has 0 aliphatic heterocycles. The molecule has 1 aromatic heterocycles. The van der Waals surface area contributed by atoms with Crippen LogP contribution < -0.4 is 11.1 Å². The van der Waals surface area contributed by atoms with Crippen molar-refractivity contribution in [3.05, 3.63) is 30.2 Å². The molecule has 0 saturated heterocycles. The first-order valence-corrected chi connectivity index (χ1v) is 4.18. The van der Waals surface area contributed by atoms with E-state index in [4.69, 9.17) is 11.0 Å². The molecule has 0 bridgehead atoms. The molecule has 0 aliphatic carbocycles. The second kappa shape index (κ2) is 5.67. The average molecular weight is 189 g/mol. The first-order chi connectivity index (χ1) is 6.86. The Morgan fingerprint density at radius 3 is 3.07 bits per heavy atom. The van der Waals surface area contributed by atoms with E-state index in [1.165, 1.54) is 6.33 Å². The van der Waals surface area contributed by atoms with Gasteiger partial charge in [0.2, 0.25) is 0 Å². The number of anilines is 1. The fraction of sp³-hybridized carbons (Fsp3) is 0.222. The monoisotopic (exact) mass is 189 g/mol. The lowest BCUT2D eigenvalue weighted by atomic mass is 10.4. The molecule has 0 fully saturated rings. The second-order valence-electron chi connectivity index (χ2n) is 2.49. The summed E-state index contributed by atoms with van der Waals surface area (Å²) in [5, 5.41) is 11.6. The van der Waals surface area contributed by atoms with Gasteiger partial charge in [-0.2, -0.15) is 5.26 Å². The first-order valence-electron chi connectivity index (χ1n) is 4.18. The quantitative estimate of drug-likeness (QED) is 0.664. The van der Waals surface area contributed by atoms with E-state index in [0.29, 0.717) is 24.6 Å². The maximum absolute atomic E-state index is 8.57. The highest BCUT2D eigenvalue weighted by atomic mass is 15.0. The summed E-state index contributed by atoms with van der Waals surface area (Å²) in [6.45, 7) is 1.16. The van der Waals surface area contributed by atoms with Crippen molar-refractivity contribution >= 4 is 5.82 Å². The molecule has 0 saturated carbocycles. The Morgan fingerprint density at radius 2 is 2.36 bits per heavy atom. The lowest BCUT2D eigenvalue weighted by Gasteiger charge is -2.00. The van der Waals surface area contributed by atoms with Gasteiger partial charge in [0.15, 0.2) is 0 Å². The summed E-state index contributed by atoms with van der Waals surface area (Å²) >= 11 is 0. The Balaban J connectivity index is 2.51. The molecular formula is C9H11N5. The van der Waals surface area contributed by atoms with E-state index in [2.05, 4.69) is 15.3 Å². The summed E-state index contributed by atoms with van der Waals surface area (Å²) in [6, 6.07) is 3.53. The lowest BCUT2D eigenvalue weighted by molar-refractivity contribution is 1.11. The molecule has 1 rings (SSSR count). The molecule has 0 aromatic carbocycles. The topological polar surface area (TPSA) is 87.6 Å². The predicted molar refractivity (Wildman–Crippen MR) is 53.4 cm³/mol. The number of hydrogen-bond donors (Lipinski definition) is 2. The van der Waals surface area contributed by atoms with E-state index >= 15 is 0 Å². The van der Waals surface area contributed by atoms with Crippen molar-refractivity contribution in [3.63, 3.8) is 0 Å². The van der Waals surface area contributed by atoms with Crippen LogP contribution in [0.15, 0.2) is 24.5 Å². The largest absolute Gasteiger partial charge is 0.366 e. The number of nitrogens with one attached hydrogen (secondary N) is 1. The molecular weight excluding hydrogens is 178 g/mol. The summed E-state index contributed by atoms with van der Waals surface area (Å²) in [4.78, 5) is 7.70. The Kier molecular flexibility index (Phi) is 4.11. The summed E-state index contributed by atoms with van der Waals surface area (Å²) in [6.07, 6.45) is 5.10. The van der Waals surface area contributed by atoms with Crippen LogP contribution in [0, 0.1) is 11.3 Å². The normalized spacial score (nSPS) is 10.0. The first kappa shape index (κ1) is 10.2. The van der Waals surface area contributed by atoms with Crippen molar-refractivity contribution in [1.82, 2.24) is 9.97 Å². The molecule has 0 radical (unpaired) electrons. The van der Waals surface area contributed by atoms with Crippen LogP contribution in [0.2, 0.25) is 0 Å². The summed E-state index contributed by atoms with van der Waals surface area (Å²) in [5.74, 6) is 0.637. The van der Waals surface area contributed by atoms with E-state index in [1.54, 1.807) is 6.07 Å². The van der Waals surface area contributed by atoms with Gasteiger partial charge in [0, 0.05) is 19.2 Å². The van der Waals surface area contributed by atoms with Crippen LogP contribution in [-0.4, -0.2) is 23.1 Å². The molecule has 0 spiro atoms. The van der Waals surface area contributed by atoms with Gasteiger partial charge in [0.1, 0.15) is 23.9 Å². The van der Waals surface area contributed by atoms with Crippen molar-refractivity contribution in [2.45, 2.75) is 0 Å². The molecule has 3 N–H and O–H groups in total. The van der Waals surface area contributed by atoms with Gasteiger partial charge in [-0.25, -0.2) is 9.97 Å². The highest BCUT2D eigenvalue weighted by Crippen LogP contribution is 2.01. The number of nitrogens with two attached hydrogens (primary N) is 1. The number of nitriles is 1. The number of aromatic nitrogens is 2. The van der Waals surface area contributed by atoms with Crippen molar-refractivity contribution in [1.29, 1.82) is 5.26 Å². The molecule has 5 heteroatoms. The van der Waals surface area contributed by atoms with Crippen LogP contribution in [0.3, 0.4) is 0 Å². The van der Waals surface area contributed by atoms with Gasteiger partial charge in [-0.1, -0.05) is 12.2 Å². The predicted octanol–water partition coefficient (Wildman–Crippen LogP) is 0.275. The summed E-state index contributed by atoms with van der Waals surface area (Å²) < 4.78 is 0. The van der Waals surface area contributed by atoms with Crippen LogP contribution in [0.1, 0.15) is 5.69 Å². The zero-order chi connectivity index (χ0) is 10.2. The van der Waals surface area contributed by atoms with Gasteiger partial charge < -0.3 is 11.1 Å². The Morgan fingerprint density at radius 1 is 1.50 bits per heavy atom. The number of rotatable bonds is 4. The molecule has 1 heterocycles. The third-order valence-corrected chi connectivity index (χ3v) is 1.49. The lowest BCUT2D eigenvalue weighted by Crippen LogP contribution is -2.02. The van der Waals surface area contributed by atoms with Crippen LogP contribution in [-0.2, 0) is 0 Å². The van der Waals surface area contributed by atoms with Crippen LogP contribution in [0.5, 0.6) is 0 Å². The van der Waals surface area contributed by atoms with Gasteiger partial charge in [0.25, 0.3) is 0 Å². The zero-order valence-electron chi connectivity index (χ0n) is 7.64. The van der Waals surface area contributed by atoms with Crippen LogP contribution in [0.25, 0.3) is 0 Å². The molecule has 0 unspecified atom stereocenters. The highest BCUT2D eigenvalue weighted by molar-refractivity contribution is 5.39. The van der Waals surface area contributed by atoms with Gasteiger partial charge >= 0.3 is 0 Å². The van der Waals surface area contributed by atoms with E-state index in [-0.39, 0.29) is 0 Å². The Bertz CT molecular complexity index is 352. The van der Waals surface area contributed by atoms with E-state index in [9.17, 15) is 0 Å². The highest BCUT2D eigenvalue weighted by Gasteiger charge is 1.94. The Hall–Kier alpha value is -1.93. The van der Waals surface area contributed by atoms with Crippen molar-refractivity contribution in [3.8, 4) is 6.07 Å². The van der Waals surface area contributed by atoms with Gasteiger partial charge in [-0.3, -0.25) is 0 Å². The summed E-state index contributed by atoms with van der Waals surface area (Å²) in [5.41, 5.74) is 5.62. The standard InChI is InChI=1S/C9H11N5/c10-3-1-2-4-12-9-5-8(6-11)13-7-14-9/h1-2,5,7H,3-4,10H2,(H,12,13,14)/b2-1+. The maximum Gasteiger partial charge on any atom is 0.145 e. The third kappa shape index (κ3) is 3.21. The van der Waals surface area contributed by atoms with Gasteiger partial charge in [-0.05, 0) is 0 Å². The van der Waals surface area contributed by atoms with Crippen molar-refractivity contribution in [2.75, 3.05) is 18.4 Å². The number of nitrogens with zero attached hydrogens (tertiary/aromatic N) is 3. The third-order valence-electron chi connectivity index (χ3n) is 1.49. The fourth-order valence-corrected chi connectivity index (χ4v) is 0.858. The molecule has 5 nitrogen and oxygen atoms in total. The molecule has 0 amide bonds. The fourth-order valence-electron chi connectivity index (χ4n) is 0.858. The molecule has 14 heavy (non-hydrogen) atoms. The molecule has 0 atom stereocenters. The molecule has 72 valence electrons. The van der Waals surface area contributed by atoms with Crippen molar-refractivity contribution < 1.29 is 0 Å². The zero-order valence-corrected chi connectivity index (χ0v) is 7.64. The second-order valence-corrected chi connectivity index (χ2v) is 2.49. The average Bonchev–Trinajstić information content (AvgIpc) is 2.25. The molecule has 1 aromatic rings. The summed E-state index contributed by atoms with van der Waals surface area (Å²) in [7, 11) is 0. The van der Waals surface area contributed by atoms with Crippen LogP contribution >= 0.6 is 0 Å². The SMILES string of the molecule is N#Cc1cc(NC/C=C/CN)ncn1. The number of hydrogen-bond acceptors (Lipinski definition) is 5. The Labute approximate surface area is 82.3 Å². The minimum atomic E-state index is 0.352.